The van der Waals surface area contributed by atoms with Gasteiger partial charge in [-0.05, 0) is 28.3 Å². The Balaban J connectivity index is 2.52. The molecule has 88 valence electrons. The summed E-state index contributed by atoms with van der Waals surface area (Å²) >= 11 is 1.52. The molecule has 4 nitrogen and oxygen atoms in total. The minimum atomic E-state index is -0.992. The monoisotopic (exact) mass is 241 g/mol. The Morgan fingerprint density at radius 2 is 2.19 bits per heavy atom. The zero-order valence-corrected chi connectivity index (χ0v) is 10.1. The normalized spacial score (nSPS) is 12.4. The number of aliphatic carboxylic acids is 1. The van der Waals surface area contributed by atoms with Crippen molar-refractivity contribution in [2.75, 3.05) is 0 Å². The summed E-state index contributed by atoms with van der Waals surface area (Å²) in [4.78, 5) is 22.4. The first-order chi connectivity index (χ1) is 7.50. The largest absolute Gasteiger partial charge is 0.480 e. The van der Waals surface area contributed by atoms with Crippen LogP contribution >= 0.6 is 11.3 Å². The maximum atomic E-state index is 11.6. The van der Waals surface area contributed by atoms with Crippen molar-refractivity contribution in [2.24, 2.45) is 5.92 Å². The number of carbonyl (C=O) groups excluding carboxylic acids is 1. The predicted molar refractivity (Wildman–Crippen MR) is 62.4 cm³/mol. The fourth-order valence-corrected chi connectivity index (χ4v) is 1.99. The number of hydrogen-bond donors (Lipinski definition) is 2. The van der Waals surface area contributed by atoms with Crippen LogP contribution in [0.1, 0.15) is 19.4 Å². The lowest BCUT2D eigenvalue weighted by Crippen LogP contribution is -2.44. The predicted octanol–water partition coefficient (Wildman–Crippen LogP) is 1.52. The minimum Gasteiger partial charge on any atom is -0.480 e. The third kappa shape index (κ3) is 3.66. The van der Waals surface area contributed by atoms with Crippen molar-refractivity contribution in [1.82, 2.24) is 5.32 Å². The lowest BCUT2D eigenvalue weighted by molar-refractivity contribution is -0.143. The highest BCUT2D eigenvalue weighted by molar-refractivity contribution is 7.07. The Morgan fingerprint density at radius 3 is 2.62 bits per heavy atom. The third-order valence-electron chi connectivity index (χ3n) is 2.19. The molecule has 5 heteroatoms. The summed E-state index contributed by atoms with van der Waals surface area (Å²) in [5.74, 6) is -1.36. The van der Waals surface area contributed by atoms with Crippen LogP contribution in [0.4, 0.5) is 0 Å². The van der Waals surface area contributed by atoms with Crippen molar-refractivity contribution in [3.63, 3.8) is 0 Å². The maximum absolute atomic E-state index is 11.6. The van der Waals surface area contributed by atoms with Crippen LogP contribution < -0.4 is 5.32 Å². The van der Waals surface area contributed by atoms with Crippen molar-refractivity contribution in [3.05, 3.63) is 22.4 Å². The number of thiophene rings is 1. The van der Waals surface area contributed by atoms with Crippen molar-refractivity contribution in [3.8, 4) is 0 Å². The molecule has 0 saturated carbocycles. The van der Waals surface area contributed by atoms with E-state index in [2.05, 4.69) is 5.32 Å². The smallest absolute Gasteiger partial charge is 0.326 e. The van der Waals surface area contributed by atoms with Gasteiger partial charge in [0.15, 0.2) is 0 Å². The molecule has 0 radical (unpaired) electrons. The van der Waals surface area contributed by atoms with Crippen LogP contribution in [0.2, 0.25) is 0 Å². The van der Waals surface area contributed by atoms with Gasteiger partial charge in [0, 0.05) is 0 Å². The van der Waals surface area contributed by atoms with Crippen molar-refractivity contribution >= 4 is 23.2 Å². The molecule has 0 fully saturated rings. The van der Waals surface area contributed by atoms with Gasteiger partial charge in [-0.2, -0.15) is 11.3 Å². The summed E-state index contributed by atoms with van der Waals surface area (Å²) in [7, 11) is 0. The SMILES string of the molecule is CC(C)C(NC(=O)Cc1ccsc1)C(=O)O. The van der Waals surface area contributed by atoms with Crippen LogP contribution in [0.15, 0.2) is 16.8 Å². The number of nitrogens with one attached hydrogen (secondary N) is 1. The summed E-state index contributed by atoms with van der Waals surface area (Å²) in [5.41, 5.74) is 0.912. The third-order valence-corrected chi connectivity index (χ3v) is 2.93. The van der Waals surface area contributed by atoms with E-state index in [1.165, 1.54) is 11.3 Å². The number of carboxylic acids is 1. The quantitative estimate of drug-likeness (QED) is 0.821. The number of rotatable bonds is 5. The van der Waals surface area contributed by atoms with Gasteiger partial charge < -0.3 is 10.4 Å². The van der Waals surface area contributed by atoms with E-state index in [1.807, 2.05) is 16.8 Å². The Bertz CT molecular complexity index is 359. The number of carboxylic acid groups (broad SMARTS) is 1. The summed E-state index contributed by atoms with van der Waals surface area (Å²) in [6.07, 6.45) is 0.236. The van der Waals surface area contributed by atoms with Gasteiger partial charge in [-0.3, -0.25) is 4.79 Å². The molecule has 0 bridgehead atoms. The fraction of sp³-hybridized carbons (Fsp3) is 0.455. The van der Waals surface area contributed by atoms with E-state index >= 15 is 0 Å². The molecule has 0 aliphatic rings. The zero-order valence-electron chi connectivity index (χ0n) is 9.27. The molecule has 1 aromatic rings. The highest BCUT2D eigenvalue weighted by atomic mass is 32.1. The fourth-order valence-electron chi connectivity index (χ4n) is 1.32. The lowest BCUT2D eigenvalue weighted by Gasteiger charge is -2.17. The van der Waals surface area contributed by atoms with Crippen LogP contribution in [0.25, 0.3) is 0 Å². The van der Waals surface area contributed by atoms with Gasteiger partial charge >= 0.3 is 5.97 Å². The molecule has 0 aromatic carbocycles. The van der Waals surface area contributed by atoms with E-state index in [0.29, 0.717) is 0 Å². The van der Waals surface area contributed by atoms with E-state index < -0.39 is 12.0 Å². The van der Waals surface area contributed by atoms with Gasteiger partial charge in [0.05, 0.1) is 6.42 Å². The second-order valence-electron chi connectivity index (χ2n) is 3.94. The first-order valence-electron chi connectivity index (χ1n) is 5.04. The Labute approximate surface area is 98.3 Å². The second-order valence-corrected chi connectivity index (χ2v) is 4.72. The molecule has 0 spiro atoms. The van der Waals surface area contributed by atoms with Crippen molar-refractivity contribution in [2.45, 2.75) is 26.3 Å². The van der Waals surface area contributed by atoms with Crippen LogP contribution in [0.3, 0.4) is 0 Å². The zero-order chi connectivity index (χ0) is 12.1. The number of hydrogen-bond acceptors (Lipinski definition) is 3. The summed E-state index contributed by atoms with van der Waals surface area (Å²) in [6, 6.07) is 1.04. The highest BCUT2D eigenvalue weighted by Gasteiger charge is 2.23. The molecule has 1 aromatic heterocycles. The van der Waals surface area contributed by atoms with Crippen LogP contribution in [0.5, 0.6) is 0 Å². The second kappa shape index (κ2) is 5.65. The van der Waals surface area contributed by atoms with Gasteiger partial charge in [-0.25, -0.2) is 4.79 Å². The molecule has 2 N–H and O–H groups in total. The number of carbonyl (C=O) groups is 2. The van der Waals surface area contributed by atoms with Gasteiger partial charge in [-0.15, -0.1) is 0 Å². The van der Waals surface area contributed by atoms with Gasteiger partial charge in [0.25, 0.3) is 0 Å². The minimum absolute atomic E-state index is 0.121. The van der Waals surface area contributed by atoms with E-state index in [4.69, 9.17) is 5.11 Å². The van der Waals surface area contributed by atoms with E-state index in [9.17, 15) is 9.59 Å². The molecule has 1 amide bonds. The Hall–Kier alpha value is -1.36. The lowest BCUT2D eigenvalue weighted by atomic mass is 10.0. The number of amides is 1. The van der Waals surface area contributed by atoms with E-state index in [0.717, 1.165) is 5.56 Å². The van der Waals surface area contributed by atoms with Crippen molar-refractivity contribution in [1.29, 1.82) is 0 Å². The summed E-state index contributed by atoms with van der Waals surface area (Å²) in [6.45, 7) is 3.54. The molecule has 0 aliphatic carbocycles. The van der Waals surface area contributed by atoms with Gasteiger partial charge in [-0.1, -0.05) is 13.8 Å². The highest BCUT2D eigenvalue weighted by Crippen LogP contribution is 2.07. The molecule has 0 saturated heterocycles. The molecular weight excluding hydrogens is 226 g/mol. The molecule has 0 aliphatic heterocycles. The van der Waals surface area contributed by atoms with Crippen LogP contribution in [-0.4, -0.2) is 23.0 Å². The van der Waals surface area contributed by atoms with E-state index in [-0.39, 0.29) is 18.2 Å². The molecule has 1 unspecified atom stereocenters. The van der Waals surface area contributed by atoms with Crippen LogP contribution in [-0.2, 0) is 16.0 Å². The molecule has 1 heterocycles. The molecule has 1 rings (SSSR count). The molecular formula is C11H15NO3S. The van der Waals surface area contributed by atoms with Crippen LogP contribution in [0, 0.1) is 5.92 Å². The molecule has 16 heavy (non-hydrogen) atoms. The average Bonchev–Trinajstić information content (AvgIpc) is 2.65. The first kappa shape index (κ1) is 12.7. The molecule has 1 atom stereocenters. The Kier molecular flexibility index (Phi) is 4.49. The summed E-state index contributed by atoms with van der Waals surface area (Å²) < 4.78 is 0. The Morgan fingerprint density at radius 1 is 1.50 bits per heavy atom. The standard InChI is InChI=1S/C11H15NO3S/c1-7(2)10(11(14)15)12-9(13)5-8-3-4-16-6-8/h3-4,6-7,10H,5H2,1-2H3,(H,12,13)(H,14,15). The topological polar surface area (TPSA) is 66.4 Å². The first-order valence-corrected chi connectivity index (χ1v) is 5.98. The average molecular weight is 241 g/mol. The van der Waals surface area contributed by atoms with Crippen molar-refractivity contribution < 1.29 is 14.7 Å². The van der Waals surface area contributed by atoms with E-state index in [1.54, 1.807) is 13.8 Å². The maximum Gasteiger partial charge on any atom is 0.326 e. The van der Waals surface area contributed by atoms with Gasteiger partial charge in [0.1, 0.15) is 6.04 Å². The summed E-state index contributed by atoms with van der Waals surface area (Å²) in [5, 5.41) is 15.2. The van der Waals surface area contributed by atoms with Gasteiger partial charge in [0.2, 0.25) is 5.91 Å².